The van der Waals surface area contributed by atoms with E-state index in [-0.39, 0.29) is 16.8 Å². The van der Waals surface area contributed by atoms with Gasteiger partial charge in [-0.05, 0) is 72.8 Å². The number of rotatable bonds is 7. The van der Waals surface area contributed by atoms with Gasteiger partial charge in [0.25, 0.3) is 0 Å². The highest BCUT2D eigenvalue weighted by molar-refractivity contribution is 6.13. The molecule has 0 radical (unpaired) electrons. The van der Waals surface area contributed by atoms with Gasteiger partial charge in [0.15, 0.2) is 23.3 Å². The molecule has 0 spiro atoms. The van der Waals surface area contributed by atoms with Gasteiger partial charge < -0.3 is 9.13 Å². The summed E-state index contributed by atoms with van der Waals surface area (Å²) in [5.74, 6) is -10.5. The largest absolute Gasteiger partial charge is 0.308 e. The lowest BCUT2D eigenvalue weighted by Gasteiger charge is -2.21. The summed E-state index contributed by atoms with van der Waals surface area (Å²) in [6, 6.07) is 62.9. The maximum absolute atomic E-state index is 16.2. The summed E-state index contributed by atoms with van der Waals surface area (Å²) in [7, 11) is 0. The van der Waals surface area contributed by atoms with E-state index in [2.05, 4.69) is 6.07 Å². The Bertz CT molecular complexity index is 4070. The fourth-order valence-electron chi connectivity index (χ4n) is 9.65. The predicted octanol–water partition coefficient (Wildman–Crippen LogP) is 15.6. The van der Waals surface area contributed by atoms with Crippen LogP contribution in [0.15, 0.2) is 194 Å². The van der Waals surface area contributed by atoms with E-state index in [4.69, 9.17) is 9.97 Å². The molecule has 0 saturated carbocycles. The third kappa shape index (κ3) is 6.58. The van der Waals surface area contributed by atoms with E-state index in [9.17, 15) is 9.65 Å². The highest BCUT2D eigenvalue weighted by atomic mass is 19.2. The first-order chi connectivity index (χ1) is 33.8. The van der Waals surface area contributed by atoms with Crippen molar-refractivity contribution in [1.29, 1.82) is 5.26 Å². The molecular formula is C59H32F5N5. The van der Waals surface area contributed by atoms with Crippen LogP contribution in [0, 0.1) is 40.4 Å². The molecule has 0 aliphatic heterocycles. The van der Waals surface area contributed by atoms with Gasteiger partial charge in [0.05, 0.1) is 61.8 Å². The molecule has 12 aromatic rings. The number of halogens is 5. The summed E-state index contributed by atoms with van der Waals surface area (Å²) in [5.41, 5.74) is 7.59. The van der Waals surface area contributed by atoms with Crippen molar-refractivity contribution in [3.05, 3.63) is 229 Å². The third-order valence-electron chi connectivity index (χ3n) is 12.8. The van der Waals surface area contributed by atoms with Gasteiger partial charge in [-0.15, -0.1) is 0 Å². The molecule has 0 amide bonds. The van der Waals surface area contributed by atoms with Crippen LogP contribution >= 0.6 is 0 Å². The number of fused-ring (bicyclic) bond motifs is 6. The zero-order chi connectivity index (χ0) is 46.9. The summed E-state index contributed by atoms with van der Waals surface area (Å²) in [5, 5.41) is 14.6. The first-order valence-electron chi connectivity index (χ1n) is 22.0. The van der Waals surface area contributed by atoms with Crippen LogP contribution in [0.3, 0.4) is 0 Å². The molecule has 0 aliphatic carbocycles. The Balaban J connectivity index is 1.12. The van der Waals surface area contributed by atoms with Gasteiger partial charge in [-0.3, -0.25) is 0 Å². The number of hydrogen-bond donors (Lipinski definition) is 0. The van der Waals surface area contributed by atoms with Crippen LogP contribution in [0.1, 0.15) is 5.56 Å². The number of para-hydroxylation sites is 2. The van der Waals surface area contributed by atoms with E-state index >= 15 is 17.6 Å². The SMILES string of the molecule is N#Cc1c(-n2c3ccccc3c3cc(-c4cccc(-c5ccccc5)n4)ccc32)ccc(-c2c(F)c(F)c(F)c(F)c2F)c1-n1c2ccccc2c2cc(-c3cccc(-c4ccccc4)n3)ccc21. The maximum Gasteiger partial charge on any atom is 0.200 e. The third-order valence-corrected chi connectivity index (χ3v) is 12.8. The molecule has 0 aliphatic rings. The average molecular weight is 906 g/mol. The van der Waals surface area contributed by atoms with E-state index in [1.165, 1.54) is 12.1 Å². The number of pyridine rings is 2. The van der Waals surface area contributed by atoms with Crippen molar-refractivity contribution in [2.75, 3.05) is 0 Å². The second kappa shape index (κ2) is 16.3. The standard InChI is InChI=1S/C59H32F5N5/c60-54-53(55(61)57(63)58(64)56(54)62)40-27-30-52(68-48-23-9-7-17-38(48)41-31-36(25-28-50(41)68)46-21-11-19-44(66-46)34-13-3-1-4-14-34)43(33-65)59(40)69-49-24-10-8-18-39(49)42-32-37(26-29-51(42)69)47-22-12-20-45(67-47)35-15-5-2-6-16-35/h1-32H. The fourth-order valence-corrected chi connectivity index (χ4v) is 9.65. The van der Waals surface area contributed by atoms with Crippen LogP contribution in [0.4, 0.5) is 22.0 Å². The minimum atomic E-state index is -2.28. The first-order valence-corrected chi connectivity index (χ1v) is 22.0. The normalized spacial score (nSPS) is 11.5. The lowest BCUT2D eigenvalue weighted by Crippen LogP contribution is -2.10. The van der Waals surface area contributed by atoms with Crippen LogP contribution in [0.5, 0.6) is 0 Å². The highest BCUT2D eigenvalue weighted by Gasteiger charge is 2.32. The smallest absolute Gasteiger partial charge is 0.200 e. The van der Waals surface area contributed by atoms with Gasteiger partial charge in [0.1, 0.15) is 11.6 Å². The molecule has 4 heterocycles. The van der Waals surface area contributed by atoms with E-state index < -0.39 is 34.6 Å². The van der Waals surface area contributed by atoms with Gasteiger partial charge in [-0.1, -0.05) is 121 Å². The van der Waals surface area contributed by atoms with Gasteiger partial charge in [0.2, 0.25) is 5.82 Å². The summed E-state index contributed by atoms with van der Waals surface area (Å²) < 4.78 is 81.3. The Morgan fingerprint density at radius 1 is 0.362 bits per heavy atom. The molecule has 8 aromatic carbocycles. The van der Waals surface area contributed by atoms with Crippen LogP contribution in [-0.4, -0.2) is 19.1 Å². The van der Waals surface area contributed by atoms with Crippen molar-refractivity contribution in [3.8, 4) is 73.6 Å². The van der Waals surface area contributed by atoms with E-state index in [0.717, 1.165) is 50.1 Å². The van der Waals surface area contributed by atoms with Crippen molar-refractivity contribution in [2.24, 2.45) is 0 Å². The monoisotopic (exact) mass is 905 g/mol. The van der Waals surface area contributed by atoms with Gasteiger partial charge >= 0.3 is 0 Å². The number of nitrogens with zero attached hydrogens (tertiary/aromatic N) is 5. The van der Waals surface area contributed by atoms with Crippen LogP contribution < -0.4 is 0 Å². The average Bonchev–Trinajstić information content (AvgIpc) is 3.92. The Hall–Kier alpha value is -9.20. The second-order valence-electron chi connectivity index (χ2n) is 16.6. The summed E-state index contributed by atoms with van der Waals surface area (Å²) in [6.45, 7) is 0. The lowest BCUT2D eigenvalue weighted by atomic mass is 9.96. The van der Waals surface area contributed by atoms with Crippen LogP contribution in [0.25, 0.3) is 111 Å². The Labute approximate surface area is 390 Å². The van der Waals surface area contributed by atoms with Crippen molar-refractivity contribution < 1.29 is 22.0 Å². The van der Waals surface area contributed by atoms with Gasteiger partial charge in [-0.2, -0.15) is 5.26 Å². The van der Waals surface area contributed by atoms with E-state index in [1.807, 2.05) is 174 Å². The summed E-state index contributed by atoms with van der Waals surface area (Å²) >= 11 is 0. The number of hydrogen-bond acceptors (Lipinski definition) is 3. The van der Waals surface area contributed by atoms with E-state index in [1.54, 1.807) is 16.7 Å². The maximum atomic E-state index is 16.2. The van der Waals surface area contributed by atoms with Crippen molar-refractivity contribution in [2.45, 2.75) is 0 Å². The lowest BCUT2D eigenvalue weighted by molar-refractivity contribution is 0.381. The molecule has 0 N–H and O–H groups in total. The fraction of sp³-hybridized carbons (Fsp3) is 0. The number of nitriles is 1. The predicted molar refractivity (Wildman–Crippen MR) is 262 cm³/mol. The van der Waals surface area contributed by atoms with Crippen molar-refractivity contribution in [1.82, 2.24) is 19.1 Å². The molecular weight excluding hydrogens is 874 g/mol. The molecule has 12 rings (SSSR count). The topological polar surface area (TPSA) is 59.4 Å². The minimum Gasteiger partial charge on any atom is -0.308 e. The minimum absolute atomic E-state index is 0.0779. The molecule has 69 heavy (non-hydrogen) atoms. The Kier molecular flexibility index (Phi) is 9.74. The zero-order valence-electron chi connectivity index (χ0n) is 36.1. The second-order valence-corrected chi connectivity index (χ2v) is 16.6. The Morgan fingerprint density at radius 2 is 0.783 bits per heavy atom. The quantitative estimate of drug-likeness (QED) is 0.0909. The van der Waals surface area contributed by atoms with Gasteiger partial charge in [-0.25, -0.2) is 31.9 Å². The van der Waals surface area contributed by atoms with Crippen molar-refractivity contribution >= 4 is 43.6 Å². The molecule has 0 bridgehead atoms. The molecule has 0 atom stereocenters. The zero-order valence-corrected chi connectivity index (χ0v) is 36.1. The van der Waals surface area contributed by atoms with Crippen LogP contribution in [0.2, 0.25) is 0 Å². The summed E-state index contributed by atoms with van der Waals surface area (Å²) in [4.78, 5) is 9.97. The molecule has 0 saturated heterocycles. The Morgan fingerprint density at radius 3 is 1.29 bits per heavy atom. The molecule has 0 fully saturated rings. The van der Waals surface area contributed by atoms with Crippen LogP contribution in [-0.2, 0) is 0 Å². The molecule has 0 unspecified atom stereocenters. The summed E-state index contributed by atoms with van der Waals surface area (Å²) in [6.07, 6.45) is 0. The molecule has 4 aromatic heterocycles. The highest BCUT2D eigenvalue weighted by Crippen LogP contribution is 2.45. The molecule has 328 valence electrons. The van der Waals surface area contributed by atoms with E-state index in [0.29, 0.717) is 44.2 Å². The first kappa shape index (κ1) is 41.2. The number of benzene rings is 8. The molecule has 5 nitrogen and oxygen atoms in total. The number of aromatic nitrogens is 4. The molecule has 10 heteroatoms. The van der Waals surface area contributed by atoms with Gasteiger partial charge in [0, 0.05) is 49.4 Å². The van der Waals surface area contributed by atoms with Crippen molar-refractivity contribution in [3.63, 3.8) is 0 Å².